The second-order valence-electron chi connectivity index (χ2n) is 4.91. The normalized spacial score (nSPS) is 9.67. The molecule has 0 aliphatic carbocycles. The Bertz CT molecular complexity index is 904. The summed E-state index contributed by atoms with van der Waals surface area (Å²) in [4.78, 5) is 8.40. The second kappa shape index (κ2) is 10.9. The van der Waals surface area contributed by atoms with Crippen molar-refractivity contribution in [2.45, 2.75) is 34.6 Å². The van der Waals surface area contributed by atoms with Crippen LogP contribution in [-0.4, -0.2) is 17.1 Å². The van der Waals surface area contributed by atoms with Crippen molar-refractivity contribution in [1.29, 1.82) is 0 Å². The van der Waals surface area contributed by atoms with Crippen LogP contribution >= 0.6 is 23.2 Å². The van der Waals surface area contributed by atoms with Crippen LogP contribution in [0, 0.1) is 12.7 Å². The minimum Gasteiger partial charge on any atom is -0.496 e. The molecule has 0 radical (unpaired) electrons. The Kier molecular flexibility index (Phi) is 9.26. The van der Waals surface area contributed by atoms with Gasteiger partial charge in [-0.05, 0) is 30.7 Å². The Hall–Kier alpha value is -2.11. The van der Waals surface area contributed by atoms with Crippen LogP contribution in [0.15, 0.2) is 30.6 Å². The largest absolute Gasteiger partial charge is 0.496 e. The van der Waals surface area contributed by atoms with Gasteiger partial charge in [-0.3, -0.25) is 0 Å². The van der Waals surface area contributed by atoms with Crippen LogP contribution in [0.25, 0.3) is 10.9 Å². The van der Waals surface area contributed by atoms with E-state index in [0.29, 0.717) is 11.3 Å². The first kappa shape index (κ1) is 22.9. The number of nitrogens with one attached hydrogen (secondary N) is 1. The van der Waals surface area contributed by atoms with E-state index in [1.165, 1.54) is 18.5 Å². The zero-order valence-electron chi connectivity index (χ0n) is 16.3. The summed E-state index contributed by atoms with van der Waals surface area (Å²) in [6, 6.07) is 6.72. The zero-order chi connectivity index (χ0) is 20.6. The van der Waals surface area contributed by atoms with Crippen LogP contribution in [0.5, 0.6) is 5.75 Å². The number of anilines is 2. The quantitative estimate of drug-likeness (QED) is 0.463. The average Bonchev–Trinajstić information content (AvgIpc) is 2.71. The third-order valence-electron chi connectivity index (χ3n) is 3.44. The summed E-state index contributed by atoms with van der Waals surface area (Å²) in [5.74, 6) is 0.567. The predicted octanol–water partition coefficient (Wildman–Crippen LogP) is 7.19. The molecule has 0 bridgehead atoms. The standard InChI is InChI=1S/C16H12Cl2FN3O.2C2H6/c1-8-5-9-12(6-13(8)23-2)20-7-21-16(9)22-11-4-3-10(17)14(18)15(11)19;2*1-2/h3-7H,1-2H3,(H,20,21,22);2*1-2H3. The summed E-state index contributed by atoms with van der Waals surface area (Å²) in [5, 5.41) is 3.71. The van der Waals surface area contributed by atoms with E-state index in [9.17, 15) is 4.39 Å². The molecule has 1 heterocycles. The fourth-order valence-corrected chi connectivity index (χ4v) is 2.57. The SMILES string of the molecule is CC.CC.COc1cc2ncnc(Nc3ccc(Cl)c(Cl)c3F)c2cc1C. The van der Waals surface area contributed by atoms with Crippen LogP contribution in [-0.2, 0) is 0 Å². The van der Waals surface area contributed by atoms with E-state index < -0.39 is 5.82 Å². The van der Waals surface area contributed by atoms with Crippen molar-refractivity contribution in [2.75, 3.05) is 12.4 Å². The summed E-state index contributed by atoms with van der Waals surface area (Å²) in [6.07, 6.45) is 1.40. The molecule has 0 atom stereocenters. The summed E-state index contributed by atoms with van der Waals surface area (Å²) < 4.78 is 19.5. The minimum atomic E-state index is -0.629. The molecule has 27 heavy (non-hydrogen) atoms. The fraction of sp³-hybridized carbons (Fsp3) is 0.300. The molecule has 1 N–H and O–H groups in total. The Balaban J connectivity index is 0.000000855. The van der Waals surface area contributed by atoms with Crippen molar-refractivity contribution in [3.63, 3.8) is 0 Å². The van der Waals surface area contributed by atoms with Crippen molar-refractivity contribution in [1.82, 2.24) is 9.97 Å². The molecular formula is C20H24Cl2FN3O. The molecule has 146 valence electrons. The highest BCUT2D eigenvalue weighted by molar-refractivity contribution is 6.42. The van der Waals surface area contributed by atoms with Crippen LogP contribution in [0.3, 0.4) is 0 Å². The lowest BCUT2D eigenvalue weighted by Gasteiger charge is -2.12. The van der Waals surface area contributed by atoms with Gasteiger partial charge in [0.2, 0.25) is 0 Å². The zero-order valence-corrected chi connectivity index (χ0v) is 17.8. The summed E-state index contributed by atoms with van der Waals surface area (Å²) in [7, 11) is 1.60. The molecule has 3 rings (SSSR count). The number of ether oxygens (including phenoxy) is 1. The Morgan fingerprint density at radius 1 is 1.04 bits per heavy atom. The van der Waals surface area contributed by atoms with Gasteiger partial charge < -0.3 is 10.1 Å². The number of methoxy groups -OCH3 is 1. The van der Waals surface area contributed by atoms with E-state index in [1.807, 2.05) is 46.8 Å². The third-order valence-corrected chi connectivity index (χ3v) is 4.22. The number of aryl methyl sites for hydroxylation is 1. The van der Waals surface area contributed by atoms with Crippen molar-refractivity contribution in [2.24, 2.45) is 0 Å². The Morgan fingerprint density at radius 3 is 2.33 bits per heavy atom. The molecule has 2 aromatic carbocycles. The van der Waals surface area contributed by atoms with Gasteiger partial charge in [0.25, 0.3) is 0 Å². The summed E-state index contributed by atoms with van der Waals surface area (Å²) >= 11 is 11.6. The van der Waals surface area contributed by atoms with Gasteiger partial charge in [-0.15, -0.1) is 0 Å². The molecule has 4 nitrogen and oxygen atoms in total. The van der Waals surface area contributed by atoms with E-state index >= 15 is 0 Å². The third kappa shape index (κ3) is 5.21. The lowest BCUT2D eigenvalue weighted by Crippen LogP contribution is -1.99. The highest BCUT2D eigenvalue weighted by atomic mass is 35.5. The van der Waals surface area contributed by atoms with Crippen LogP contribution in [0.4, 0.5) is 15.9 Å². The fourth-order valence-electron chi connectivity index (χ4n) is 2.26. The molecule has 7 heteroatoms. The molecule has 0 amide bonds. The number of halogens is 3. The van der Waals surface area contributed by atoms with E-state index in [1.54, 1.807) is 7.11 Å². The highest BCUT2D eigenvalue weighted by Gasteiger charge is 2.13. The van der Waals surface area contributed by atoms with Crippen LogP contribution < -0.4 is 10.1 Å². The van der Waals surface area contributed by atoms with Gasteiger partial charge in [0.15, 0.2) is 5.82 Å². The first-order valence-electron chi connectivity index (χ1n) is 8.71. The van der Waals surface area contributed by atoms with Crippen molar-refractivity contribution in [3.05, 3.63) is 52.0 Å². The molecule has 0 unspecified atom stereocenters. The molecule has 0 saturated carbocycles. The van der Waals surface area contributed by atoms with E-state index in [-0.39, 0.29) is 15.7 Å². The van der Waals surface area contributed by atoms with E-state index in [0.717, 1.165) is 16.7 Å². The number of rotatable bonds is 3. The number of aromatic nitrogens is 2. The maximum atomic E-state index is 14.2. The van der Waals surface area contributed by atoms with Gasteiger partial charge in [0.1, 0.15) is 17.9 Å². The molecule has 0 spiro atoms. The first-order chi connectivity index (χ1) is 13.0. The van der Waals surface area contributed by atoms with Crippen LogP contribution in [0.1, 0.15) is 33.3 Å². The number of fused-ring (bicyclic) bond motifs is 1. The van der Waals surface area contributed by atoms with Gasteiger partial charge in [0.05, 0.1) is 28.4 Å². The number of nitrogens with zero attached hydrogens (tertiary/aromatic N) is 2. The predicted molar refractivity (Wildman–Crippen MR) is 113 cm³/mol. The Labute approximate surface area is 169 Å². The van der Waals surface area contributed by atoms with Crippen LogP contribution in [0.2, 0.25) is 10.0 Å². The number of hydrogen-bond donors (Lipinski definition) is 1. The van der Waals surface area contributed by atoms with Gasteiger partial charge in [-0.2, -0.15) is 0 Å². The second-order valence-corrected chi connectivity index (χ2v) is 5.69. The molecule has 0 aliphatic rings. The molecular weight excluding hydrogens is 388 g/mol. The maximum absolute atomic E-state index is 14.2. The number of hydrogen-bond acceptors (Lipinski definition) is 4. The molecule has 0 aliphatic heterocycles. The first-order valence-corrected chi connectivity index (χ1v) is 9.46. The lowest BCUT2D eigenvalue weighted by atomic mass is 10.1. The van der Waals surface area contributed by atoms with E-state index in [2.05, 4.69) is 15.3 Å². The van der Waals surface area contributed by atoms with Crippen molar-refractivity contribution in [3.8, 4) is 5.75 Å². The van der Waals surface area contributed by atoms with Crippen molar-refractivity contribution >= 4 is 45.6 Å². The van der Waals surface area contributed by atoms with E-state index in [4.69, 9.17) is 27.9 Å². The average molecular weight is 412 g/mol. The molecule has 1 aromatic heterocycles. The molecule has 0 fully saturated rings. The number of benzene rings is 2. The minimum absolute atomic E-state index is 0.132. The van der Waals surface area contributed by atoms with Gasteiger partial charge in [0, 0.05) is 11.5 Å². The van der Waals surface area contributed by atoms with Gasteiger partial charge in [-0.1, -0.05) is 50.9 Å². The van der Waals surface area contributed by atoms with Crippen molar-refractivity contribution < 1.29 is 9.13 Å². The maximum Gasteiger partial charge on any atom is 0.166 e. The Morgan fingerprint density at radius 2 is 1.70 bits per heavy atom. The topological polar surface area (TPSA) is 47.0 Å². The van der Waals surface area contributed by atoms with Gasteiger partial charge in [-0.25, -0.2) is 14.4 Å². The lowest BCUT2D eigenvalue weighted by molar-refractivity contribution is 0.412. The summed E-state index contributed by atoms with van der Waals surface area (Å²) in [5.41, 5.74) is 1.80. The monoisotopic (exact) mass is 411 g/mol. The smallest absolute Gasteiger partial charge is 0.166 e. The molecule has 0 saturated heterocycles. The highest BCUT2D eigenvalue weighted by Crippen LogP contribution is 2.33. The summed E-state index contributed by atoms with van der Waals surface area (Å²) in [6.45, 7) is 9.91. The van der Waals surface area contributed by atoms with Gasteiger partial charge >= 0.3 is 0 Å². The molecule has 3 aromatic rings.